The first kappa shape index (κ1) is 14.0. The molecule has 0 saturated carbocycles. The normalized spacial score (nSPS) is 12.5. The molecule has 106 valence electrons. The minimum absolute atomic E-state index is 0.105. The molecular formula is C18H17NOS. The summed E-state index contributed by atoms with van der Waals surface area (Å²) >= 11 is 1.60. The molecule has 1 aromatic heterocycles. The van der Waals surface area contributed by atoms with E-state index in [4.69, 9.17) is 0 Å². The molecule has 0 radical (unpaired) electrons. The fourth-order valence-electron chi connectivity index (χ4n) is 2.37. The Morgan fingerprint density at radius 1 is 1.10 bits per heavy atom. The van der Waals surface area contributed by atoms with Crippen LogP contribution in [0, 0.1) is 6.92 Å². The molecule has 0 bridgehead atoms. The minimum Gasteiger partial charge on any atom is -0.360 e. The van der Waals surface area contributed by atoms with Gasteiger partial charge in [-0.1, -0.05) is 35.9 Å². The number of thioether (sulfide) groups is 1. The van der Waals surface area contributed by atoms with Gasteiger partial charge in [0.2, 0.25) is 0 Å². The highest BCUT2D eigenvalue weighted by Crippen LogP contribution is 2.28. The van der Waals surface area contributed by atoms with E-state index in [0.717, 1.165) is 21.4 Å². The molecule has 3 aromatic rings. The Morgan fingerprint density at radius 2 is 1.81 bits per heavy atom. The molecule has 2 aromatic carbocycles. The summed E-state index contributed by atoms with van der Waals surface area (Å²) in [5.74, 6) is 0.165. The molecule has 0 unspecified atom stereocenters. The minimum atomic E-state index is -0.105. The summed E-state index contributed by atoms with van der Waals surface area (Å²) in [6, 6.07) is 16.2. The van der Waals surface area contributed by atoms with E-state index >= 15 is 0 Å². The summed E-state index contributed by atoms with van der Waals surface area (Å²) < 4.78 is 0. The van der Waals surface area contributed by atoms with Gasteiger partial charge in [0, 0.05) is 27.6 Å². The average molecular weight is 295 g/mol. The summed E-state index contributed by atoms with van der Waals surface area (Å²) in [5.41, 5.74) is 3.01. The fourth-order valence-corrected chi connectivity index (χ4v) is 3.30. The van der Waals surface area contributed by atoms with Gasteiger partial charge in [-0.3, -0.25) is 4.79 Å². The Morgan fingerprint density at radius 3 is 2.57 bits per heavy atom. The number of nitrogens with one attached hydrogen (secondary N) is 1. The van der Waals surface area contributed by atoms with Gasteiger partial charge in [-0.05, 0) is 32.0 Å². The molecule has 21 heavy (non-hydrogen) atoms. The van der Waals surface area contributed by atoms with Gasteiger partial charge in [0.05, 0.1) is 5.25 Å². The van der Waals surface area contributed by atoms with Crippen LogP contribution in [-0.2, 0) is 0 Å². The zero-order valence-electron chi connectivity index (χ0n) is 12.1. The Balaban J connectivity index is 1.82. The van der Waals surface area contributed by atoms with E-state index in [0.29, 0.717) is 0 Å². The van der Waals surface area contributed by atoms with Crippen molar-refractivity contribution in [1.29, 1.82) is 0 Å². The third kappa shape index (κ3) is 2.88. The van der Waals surface area contributed by atoms with Crippen molar-refractivity contribution in [3.05, 3.63) is 65.9 Å². The fraction of sp³-hybridized carbons (Fsp3) is 0.167. The highest BCUT2D eigenvalue weighted by molar-refractivity contribution is 8.00. The molecule has 0 aliphatic rings. The second-order valence-electron chi connectivity index (χ2n) is 5.19. The van der Waals surface area contributed by atoms with Gasteiger partial charge in [0.1, 0.15) is 0 Å². The van der Waals surface area contributed by atoms with Crippen molar-refractivity contribution in [2.45, 2.75) is 24.0 Å². The van der Waals surface area contributed by atoms with Gasteiger partial charge < -0.3 is 4.98 Å². The largest absolute Gasteiger partial charge is 0.360 e. The van der Waals surface area contributed by atoms with E-state index in [1.165, 1.54) is 5.56 Å². The SMILES string of the molecule is Cc1ccc(S[C@H](C)C(=O)c2c[nH]c3ccccc23)cc1. The first-order valence-corrected chi connectivity index (χ1v) is 7.87. The number of para-hydroxylation sites is 1. The highest BCUT2D eigenvalue weighted by Gasteiger charge is 2.19. The maximum absolute atomic E-state index is 12.7. The van der Waals surface area contributed by atoms with Crippen molar-refractivity contribution in [2.24, 2.45) is 0 Å². The van der Waals surface area contributed by atoms with Crippen LogP contribution in [0.5, 0.6) is 0 Å². The van der Waals surface area contributed by atoms with E-state index in [2.05, 4.69) is 36.2 Å². The van der Waals surface area contributed by atoms with Gasteiger partial charge in [-0.15, -0.1) is 11.8 Å². The number of fused-ring (bicyclic) bond motifs is 1. The number of benzene rings is 2. The van der Waals surface area contributed by atoms with Gasteiger partial charge in [0.15, 0.2) is 5.78 Å². The maximum Gasteiger partial charge on any atom is 0.178 e. The Bertz CT molecular complexity index is 773. The van der Waals surface area contributed by atoms with Crippen LogP contribution in [0.25, 0.3) is 10.9 Å². The zero-order chi connectivity index (χ0) is 14.8. The van der Waals surface area contributed by atoms with Crippen molar-refractivity contribution in [3.8, 4) is 0 Å². The number of H-pyrrole nitrogens is 1. The average Bonchev–Trinajstić information content (AvgIpc) is 2.92. The van der Waals surface area contributed by atoms with Crippen LogP contribution >= 0.6 is 11.8 Å². The third-order valence-electron chi connectivity index (χ3n) is 3.56. The second-order valence-corrected chi connectivity index (χ2v) is 6.60. The molecule has 1 atom stereocenters. The number of ketones is 1. The molecule has 2 nitrogen and oxygen atoms in total. The molecule has 3 heteroatoms. The molecule has 3 rings (SSSR count). The number of rotatable bonds is 4. The van der Waals surface area contributed by atoms with E-state index in [1.54, 1.807) is 11.8 Å². The standard InChI is InChI=1S/C18H17NOS/c1-12-7-9-14(10-8-12)21-13(2)18(20)16-11-19-17-6-4-3-5-15(16)17/h3-11,13,19H,1-2H3/t13-/m1/s1. The molecule has 1 N–H and O–H groups in total. The number of aryl methyl sites for hydroxylation is 1. The summed E-state index contributed by atoms with van der Waals surface area (Å²) in [4.78, 5) is 16.9. The number of hydrogen-bond donors (Lipinski definition) is 1. The lowest BCUT2D eigenvalue weighted by Crippen LogP contribution is -2.12. The van der Waals surface area contributed by atoms with Crippen LogP contribution < -0.4 is 0 Å². The van der Waals surface area contributed by atoms with E-state index < -0.39 is 0 Å². The van der Waals surface area contributed by atoms with Crippen LogP contribution in [0.15, 0.2) is 59.6 Å². The Kier molecular flexibility index (Phi) is 3.84. The molecular weight excluding hydrogens is 278 g/mol. The Hall–Kier alpha value is -2.00. The predicted molar refractivity (Wildman–Crippen MR) is 89.1 cm³/mol. The monoisotopic (exact) mass is 295 g/mol. The van der Waals surface area contributed by atoms with Crippen molar-refractivity contribution in [2.75, 3.05) is 0 Å². The number of carbonyl (C=O) groups is 1. The van der Waals surface area contributed by atoms with E-state index in [9.17, 15) is 4.79 Å². The van der Waals surface area contributed by atoms with Gasteiger partial charge in [-0.2, -0.15) is 0 Å². The van der Waals surface area contributed by atoms with Crippen LogP contribution in [0.4, 0.5) is 0 Å². The van der Waals surface area contributed by atoms with Crippen molar-refractivity contribution >= 4 is 28.4 Å². The quantitative estimate of drug-likeness (QED) is 0.552. The number of hydrogen-bond acceptors (Lipinski definition) is 2. The van der Waals surface area contributed by atoms with E-state index in [-0.39, 0.29) is 11.0 Å². The molecule has 0 saturated heterocycles. The van der Waals surface area contributed by atoms with Crippen molar-refractivity contribution < 1.29 is 4.79 Å². The van der Waals surface area contributed by atoms with Gasteiger partial charge >= 0.3 is 0 Å². The first-order valence-electron chi connectivity index (χ1n) is 6.99. The van der Waals surface area contributed by atoms with Gasteiger partial charge in [0.25, 0.3) is 0 Å². The summed E-state index contributed by atoms with van der Waals surface area (Å²) in [6.07, 6.45) is 1.82. The molecule has 0 aliphatic carbocycles. The number of carbonyl (C=O) groups excluding carboxylic acids is 1. The molecule has 0 fully saturated rings. The number of aromatic nitrogens is 1. The predicted octanol–water partition coefficient (Wildman–Crippen LogP) is 4.84. The summed E-state index contributed by atoms with van der Waals surface area (Å²) in [7, 11) is 0. The van der Waals surface area contributed by atoms with Gasteiger partial charge in [-0.25, -0.2) is 0 Å². The van der Waals surface area contributed by atoms with Crippen LogP contribution in [0.1, 0.15) is 22.8 Å². The van der Waals surface area contributed by atoms with Crippen molar-refractivity contribution in [1.82, 2.24) is 4.98 Å². The molecule has 0 aliphatic heterocycles. The lowest BCUT2D eigenvalue weighted by Gasteiger charge is -2.10. The highest BCUT2D eigenvalue weighted by atomic mass is 32.2. The molecule has 1 heterocycles. The second kappa shape index (κ2) is 5.78. The Labute approximate surface area is 128 Å². The summed E-state index contributed by atoms with van der Waals surface area (Å²) in [6.45, 7) is 4.03. The lowest BCUT2D eigenvalue weighted by atomic mass is 10.1. The van der Waals surface area contributed by atoms with Crippen molar-refractivity contribution in [3.63, 3.8) is 0 Å². The zero-order valence-corrected chi connectivity index (χ0v) is 12.9. The number of aromatic amines is 1. The van der Waals surface area contributed by atoms with Crippen LogP contribution in [0.2, 0.25) is 0 Å². The smallest absolute Gasteiger partial charge is 0.178 e. The topological polar surface area (TPSA) is 32.9 Å². The molecule has 0 spiro atoms. The third-order valence-corrected chi connectivity index (χ3v) is 4.67. The lowest BCUT2D eigenvalue weighted by molar-refractivity contribution is 0.0995. The van der Waals surface area contributed by atoms with Crippen LogP contribution in [-0.4, -0.2) is 16.0 Å². The van der Waals surface area contributed by atoms with Crippen LogP contribution in [0.3, 0.4) is 0 Å². The van der Waals surface area contributed by atoms with E-state index in [1.807, 2.05) is 37.4 Å². The summed E-state index contributed by atoms with van der Waals surface area (Å²) in [5, 5.41) is 0.894. The number of Topliss-reactive ketones (excluding diaryl/α,β-unsaturated/α-hetero) is 1. The maximum atomic E-state index is 12.7. The first-order chi connectivity index (χ1) is 10.1. The molecule has 0 amide bonds.